The molecule has 1 fully saturated rings. The summed E-state index contributed by atoms with van der Waals surface area (Å²) in [6.07, 6.45) is -4.55. The lowest BCUT2D eigenvalue weighted by Gasteiger charge is -2.32. The lowest BCUT2D eigenvalue weighted by Crippen LogP contribution is -2.49. The van der Waals surface area contributed by atoms with Crippen LogP contribution in [0.15, 0.2) is 23.3 Å². The molecule has 2 heterocycles. The average molecular weight is 423 g/mol. The van der Waals surface area contributed by atoms with E-state index in [4.69, 9.17) is 4.74 Å². The number of hydrogen-bond donors (Lipinski definition) is 2. The van der Waals surface area contributed by atoms with Crippen molar-refractivity contribution in [1.82, 2.24) is 20.5 Å². The summed E-state index contributed by atoms with van der Waals surface area (Å²) in [5.74, 6) is 0.682. The van der Waals surface area contributed by atoms with Crippen LogP contribution < -0.4 is 15.4 Å². The predicted octanol–water partition coefficient (Wildman–Crippen LogP) is 2.76. The molecule has 0 unspecified atom stereocenters. The summed E-state index contributed by atoms with van der Waals surface area (Å²) >= 11 is 0. The summed E-state index contributed by atoms with van der Waals surface area (Å²) in [6, 6.07) is 2.22. The number of pyridine rings is 1. The summed E-state index contributed by atoms with van der Waals surface area (Å²) in [5, 5.41) is 6.39. The molecule has 29 heavy (non-hydrogen) atoms. The molecule has 164 valence electrons. The van der Waals surface area contributed by atoms with E-state index in [1.54, 1.807) is 4.90 Å². The molecule has 0 radical (unpaired) electrons. The van der Waals surface area contributed by atoms with Crippen LogP contribution in [0.5, 0.6) is 5.88 Å². The molecule has 2 rings (SSSR count). The number of aliphatic imine (C=N–C) groups is 1. The first-order valence-corrected chi connectivity index (χ1v) is 9.49. The topological polar surface area (TPSA) is 61.8 Å². The highest BCUT2D eigenvalue weighted by Crippen LogP contribution is 2.29. The number of alkyl halides is 5. The highest BCUT2D eigenvalue weighted by molar-refractivity contribution is 5.80. The molecule has 0 atom stereocenters. The van der Waals surface area contributed by atoms with Crippen molar-refractivity contribution in [3.05, 3.63) is 23.9 Å². The quantitative estimate of drug-likeness (QED) is 0.292. The number of hydrogen-bond acceptors (Lipinski definition) is 4. The van der Waals surface area contributed by atoms with Gasteiger partial charge in [-0.25, -0.2) is 18.8 Å². The second-order valence-electron chi connectivity index (χ2n) is 6.60. The SMILES string of the molecule is CCNC(=NCCOc1ccc(C(F)(F)F)cn1)NC1CCN(CC(F)F)CC1. The third kappa shape index (κ3) is 8.38. The Kier molecular flexibility index (Phi) is 8.87. The first kappa shape index (κ1) is 23.1. The first-order valence-electron chi connectivity index (χ1n) is 9.49. The van der Waals surface area contributed by atoms with E-state index in [9.17, 15) is 22.0 Å². The average Bonchev–Trinajstić information content (AvgIpc) is 2.66. The van der Waals surface area contributed by atoms with Gasteiger partial charge in [-0.3, -0.25) is 4.90 Å². The number of rotatable bonds is 8. The Morgan fingerprint density at radius 1 is 1.31 bits per heavy atom. The number of nitrogens with one attached hydrogen (secondary N) is 2. The summed E-state index contributed by atoms with van der Waals surface area (Å²) in [6.45, 7) is 4.01. The molecule has 0 spiro atoms. The van der Waals surface area contributed by atoms with Crippen LogP contribution in [0.25, 0.3) is 0 Å². The zero-order valence-corrected chi connectivity index (χ0v) is 16.2. The van der Waals surface area contributed by atoms with E-state index in [-0.39, 0.29) is 31.6 Å². The Balaban J connectivity index is 1.76. The van der Waals surface area contributed by atoms with E-state index in [0.29, 0.717) is 25.6 Å². The molecular formula is C18H26F5N5O. The molecule has 1 aliphatic heterocycles. The van der Waals surface area contributed by atoms with Gasteiger partial charge in [-0.15, -0.1) is 0 Å². The van der Waals surface area contributed by atoms with Crippen molar-refractivity contribution in [3.63, 3.8) is 0 Å². The number of likely N-dealkylation sites (tertiary alicyclic amines) is 1. The number of guanidine groups is 1. The smallest absolute Gasteiger partial charge is 0.417 e. The first-order chi connectivity index (χ1) is 13.8. The monoisotopic (exact) mass is 423 g/mol. The van der Waals surface area contributed by atoms with Crippen molar-refractivity contribution in [1.29, 1.82) is 0 Å². The fourth-order valence-electron chi connectivity index (χ4n) is 2.91. The maximum Gasteiger partial charge on any atom is 0.417 e. The van der Waals surface area contributed by atoms with Gasteiger partial charge < -0.3 is 15.4 Å². The minimum Gasteiger partial charge on any atom is -0.476 e. The lowest BCUT2D eigenvalue weighted by atomic mass is 10.1. The van der Waals surface area contributed by atoms with Crippen molar-refractivity contribution in [2.45, 2.75) is 38.4 Å². The third-order valence-electron chi connectivity index (χ3n) is 4.34. The Morgan fingerprint density at radius 3 is 2.59 bits per heavy atom. The van der Waals surface area contributed by atoms with Gasteiger partial charge in [-0.2, -0.15) is 13.2 Å². The van der Waals surface area contributed by atoms with E-state index >= 15 is 0 Å². The van der Waals surface area contributed by atoms with Gasteiger partial charge in [0.05, 0.1) is 18.7 Å². The van der Waals surface area contributed by atoms with Crippen LogP contribution in [-0.4, -0.2) is 67.6 Å². The molecule has 0 amide bonds. The van der Waals surface area contributed by atoms with Gasteiger partial charge >= 0.3 is 6.18 Å². The van der Waals surface area contributed by atoms with Crippen LogP contribution in [0.2, 0.25) is 0 Å². The maximum atomic E-state index is 12.5. The fraction of sp³-hybridized carbons (Fsp3) is 0.667. The van der Waals surface area contributed by atoms with Crippen LogP contribution in [0.1, 0.15) is 25.3 Å². The normalized spacial score (nSPS) is 16.9. The molecule has 6 nitrogen and oxygen atoms in total. The van der Waals surface area contributed by atoms with Gasteiger partial charge in [-0.05, 0) is 25.8 Å². The van der Waals surface area contributed by atoms with Crippen LogP contribution in [0, 0.1) is 0 Å². The molecule has 0 bridgehead atoms. The van der Waals surface area contributed by atoms with E-state index in [0.717, 1.165) is 25.1 Å². The lowest BCUT2D eigenvalue weighted by molar-refractivity contribution is -0.137. The maximum absolute atomic E-state index is 12.5. The summed E-state index contributed by atoms with van der Waals surface area (Å²) in [7, 11) is 0. The molecule has 11 heteroatoms. The minimum atomic E-state index is -4.43. The van der Waals surface area contributed by atoms with Crippen LogP contribution >= 0.6 is 0 Å². The van der Waals surface area contributed by atoms with Crippen molar-refractivity contribution in [2.75, 3.05) is 39.3 Å². The van der Waals surface area contributed by atoms with Gasteiger partial charge in [0.15, 0.2) is 5.96 Å². The summed E-state index contributed by atoms with van der Waals surface area (Å²) in [4.78, 5) is 9.76. The highest BCUT2D eigenvalue weighted by atomic mass is 19.4. The van der Waals surface area contributed by atoms with E-state index in [1.807, 2.05) is 6.92 Å². The van der Waals surface area contributed by atoms with Crippen molar-refractivity contribution < 1.29 is 26.7 Å². The van der Waals surface area contributed by atoms with E-state index < -0.39 is 18.2 Å². The van der Waals surface area contributed by atoms with Gasteiger partial charge in [0.2, 0.25) is 5.88 Å². The molecule has 1 aliphatic rings. The highest BCUT2D eigenvalue weighted by Gasteiger charge is 2.30. The number of aromatic nitrogens is 1. The van der Waals surface area contributed by atoms with Crippen molar-refractivity contribution >= 4 is 5.96 Å². The van der Waals surface area contributed by atoms with Gasteiger partial charge in [-0.1, -0.05) is 0 Å². The Morgan fingerprint density at radius 2 is 2.03 bits per heavy atom. The predicted molar refractivity (Wildman–Crippen MR) is 99.3 cm³/mol. The van der Waals surface area contributed by atoms with Crippen LogP contribution in [0.4, 0.5) is 22.0 Å². The largest absolute Gasteiger partial charge is 0.476 e. The van der Waals surface area contributed by atoms with Gasteiger partial charge in [0, 0.05) is 37.9 Å². The van der Waals surface area contributed by atoms with E-state index in [2.05, 4.69) is 20.6 Å². The number of ether oxygens (including phenoxy) is 1. The molecule has 2 N–H and O–H groups in total. The number of nitrogens with zero attached hydrogens (tertiary/aromatic N) is 3. The Labute approximate surface area is 166 Å². The standard InChI is InChI=1S/C18H26F5N5O/c1-2-24-17(27-14-5-8-28(9-6-14)12-15(19)20)25-7-10-29-16-4-3-13(11-26-16)18(21,22)23/h3-4,11,14-15H,2,5-10,12H2,1H3,(H2,24,25,27). The molecule has 0 aromatic carbocycles. The fourth-order valence-corrected chi connectivity index (χ4v) is 2.91. The summed E-state index contributed by atoms with van der Waals surface area (Å²) in [5.41, 5.74) is -0.832. The summed E-state index contributed by atoms with van der Waals surface area (Å²) < 4.78 is 67.7. The second kappa shape index (κ2) is 11.1. The zero-order chi connectivity index (χ0) is 21.3. The molecule has 1 saturated heterocycles. The molecule has 1 aromatic rings. The van der Waals surface area contributed by atoms with Gasteiger partial charge in [0.25, 0.3) is 6.43 Å². The second-order valence-corrected chi connectivity index (χ2v) is 6.60. The zero-order valence-electron chi connectivity index (χ0n) is 16.2. The van der Waals surface area contributed by atoms with E-state index in [1.165, 1.54) is 6.07 Å². The number of halogens is 5. The van der Waals surface area contributed by atoms with Crippen LogP contribution in [-0.2, 0) is 6.18 Å². The minimum absolute atomic E-state index is 0.0950. The van der Waals surface area contributed by atoms with Crippen molar-refractivity contribution in [3.8, 4) is 5.88 Å². The Hall–Kier alpha value is -2.17. The Bertz CT molecular complexity index is 631. The number of piperidine rings is 1. The van der Waals surface area contributed by atoms with Gasteiger partial charge in [0.1, 0.15) is 6.61 Å². The molecule has 0 saturated carbocycles. The molecule has 1 aromatic heterocycles. The van der Waals surface area contributed by atoms with Crippen molar-refractivity contribution in [2.24, 2.45) is 4.99 Å². The molecular weight excluding hydrogens is 397 g/mol. The third-order valence-corrected chi connectivity index (χ3v) is 4.34. The molecule has 0 aliphatic carbocycles. The van der Waals surface area contributed by atoms with Crippen LogP contribution in [0.3, 0.4) is 0 Å².